The largest absolute Gasteiger partial charge is 0.493 e. The fourth-order valence-corrected chi connectivity index (χ4v) is 4.37. The number of nitrogens with zero attached hydrogens (tertiary/aromatic N) is 2. The molecule has 0 aliphatic rings. The first kappa shape index (κ1) is 28.2. The maximum atomic E-state index is 13.7. The molecule has 4 rings (SSSR count). The van der Waals surface area contributed by atoms with E-state index >= 15 is 0 Å². The van der Waals surface area contributed by atoms with Crippen molar-refractivity contribution in [3.05, 3.63) is 93.0 Å². The third kappa shape index (κ3) is 4.89. The van der Waals surface area contributed by atoms with Crippen molar-refractivity contribution in [1.29, 1.82) is 0 Å². The van der Waals surface area contributed by atoms with Crippen molar-refractivity contribution in [2.45, 2.75) is 24.4 Å². The molecule has 0 aliphatic carbocycles. The molecule has 6 nitrogen and oxygen atoms in total. The van der Waals surface area contributed by atoms with Crippen molar-refractivity contribution >= 4 is 22.5 Å². The highest BCUT2D eigenvalue weighted by Gasteiger charge is 2.71. The number of hydrogen-bond acceptors (Lipinski definition) is 5. The third-order valence-corrected chi connectivity index (χ3v) is 6.38. The molecule has 0 unspecified atom stereocenters. The van der Waals surface area contributed by atoms with Gasteiger partial charge >= 0.3 is 12.4 Å². The van der Waals surface area contributed by atoms with Crippen molar-refractivity contribution in [2.24, 2.45) is 0 Å². The van der Waals surface area contributed by atoms with E-state index in [0.717, 1.165) is 10.6 Å². The van der Waals surface area contributed by atoms with E-state index in [-0.39, 0.29) is 40.3 Å². The number of aliphatic hydroxyl groups is 1. The van der Waals surface area contributed by atoms with Crippen LogP contribution in [-0.4, -0.2) is 41.2 Å². The maximum Gasteiger partial charge on any atom is 0.430 e. The molecule has 206 valence electrons. The van der Waals surface area contributed by atoms with E-state index in [0.29, 0.717) is 17.7 Å². The second-order valence-electron chi connectivity index (χ2n) is 8.43. The molecule has 1 heterocycles. The van der Waals surface area contributed by atoms with Crippen LogP contribution in [0.25, 0.3) is 16.6 Å². The van der Waals surface area contributed by atoms with Gasteiger partial charge in [-0.2, -0.15) is 26.3 Å². The number of benzene rings is 3. The van der Waals surface area contributed by atoms with Crippen LogP contribution in [0.1, 0.15) is 17.0 Å². The Morgan fingerprint density at radius 3 is 2.03 bits per heavy atom. The second kappa shape index (κ2) is 10.1. The molecule has 0 spiro atoms. The first-order chi connectivity index (χ1) is 18.2. The average molecular weight is 573 g/mol. The van der Waals surface area contributed by atoms with Gasteiger partial charge < -0.3 is 14.6 Å². The molecular formula is C26H19ClF6N2O4. The summed E-state index contributed by atoms with van der Waals surface area (Å²) in [6, 6.07) is 13.1. The summed E-state index contributed by atoms with van der Waals surface area (Å²) in [6.07, 6.45) is -12.2. The zero-order valence-electron chi connectivity index (χ0n) is 20.2. The van der Waals surface area contributed by atoms with Crippen LogP contribution in [0.5, 0.6) is 11.5 Å². The average Bonchev–Trinajstić information content (AvgIpc) is 2.87. The van der Waals surface area contributed by atoms with E-state index < -0.39 is 34.1 Å². The molecule has 0 fully saturated rings. The van der Waals surface area contributed by atoms with Crippen molar-refractivity contribution < 1.29 is 40.9 Å². The smallest absolute Gasteiger partial charge is 0.430 e. The number of alkyl halides is 6. The number of halogens is 7. The van der Waals surface area contributed by atoms with Crippen LogP contribution >= 0.6 is 11.6 Å². The fourth-order valence-electron chi connectivity index (χ4n) is 4.11. The van der Waals surface area contributed by atoms with Crippen molar-refractivity contribution in [2.75, 3.05) is 14.2 Å². The molecule has 0 saturated heterocycles. The summed E-state index contributed by atoms with van der Waals surface area (Å²) in [6.45, 7) is 0. The highest BCUT2D eigenvalue weighted by molar-refractivity contribution is 6.32. The Balaban J connectivity index is 2.00. The predicted octanol–water partition coefficient (Wildman–Crippen LogP) is 5.96. The molecule has 0 atom stereocenters. The summed E-state index contributed by atoms with van der Waals surface area (Å²) < 4.78 is 92.0. The number of aromatic nitrogens is 2. The van der Waals surface area contributed by atoms with E-state index in [1.807, 2.05) is 0 Å². The van der Waals surface area contributed by atoms with Gasteiger partial charge in [0.25, 0.3) is 11.2 Å². The molecule has 1 aromatic heterocycles. The first-order valence-corrected chi connectivity index (χ1v) is 11.5. The lowest BCUT2D eigenvalue weighted by molar-refractivity contribution is -0.376. The van der Waals surface area contributed by atoms with Gasteiger partial charge in [0.15, 0.2) is 11.5 Å². The summed E-state index contributed by atoms with van der Waals surface area (Å²) in [5.41, 5.74) is -6.80. The van der Waals surface area contributed by atoms with E-state index in [9.17, 15) is 36.2 Å². The topological polar surface area (TPSA) is 73.6 Å². The van der Waals surface area contributed by atoms with E-state index in [1.54, 1.807) is 30.3 Å². The Morgan fingerprint density at radius 2 is 1.49 bits per heavy atom. The minimum absolute atomic E-state index is 0.0201. The van der Waals surface area contributed by atoms with Gasteiger partial charge in [-0.1, -0.05) is 48.0 Å². The highest BCUT2D eigenvalue weighted by Crippen LogP contribution is 2.50. The Kier molecular flexibility index (Phi) is 7.30. The van der Waals surface area contributed by atoms with Gasteiger partial charge in [-0.3, -0.25) is 9.36 Å². The molecule has 4 aromatic rings. The molecule has 39 heavy (non-hydrogen) atoms. The molecule has 3 aromatic carbocycles. The number of ether oxygens (including phenoxy) is 2. The monoisotopic (exact) mass is 572 g/mol. The molecule has 0 amide bonds. The normalized spacial score (nSPS) is 12.6. The number of methoxy groups -OCH3 is 2. The van der Waals surface area contributed by atoms with Gasteiger partial charge in [0.2, 0.25) is 0 Å². The van der Waals surface area contributed by atoms with Crippen LogP contribution in [0.4, 0.5) is 26.3 Å². The minimum Gasteiger partial charge on any atom is -0.493 e. The molecule has 13 heteroatoms. The molecular weight excluding hydrogens is 554 g/mol. The minimum atomic E-state index is -6.11. The van der Waals surface area contributed by atoms with Gasteiger partial charge in [-0.05, 0) is 23.8 Å². The van der Waals surface area contributed by atoms with Gasteiger partial charge in [0, 0.05) is 18.1 Å². The zero-order chi connectivity index (χ0) is 28.8. The standard InChI is InChI=1S/C26H19ClF6N2O4/c1-38-20-12-16-18(13-21(20)39-2)34-22(10-14-6-4-3-5-7-14)35(23(16)36)19-9-8-15(11-17(19)27)24(37,25(28,29)30)26(31,32)33/h3-9,11-13,37H,10H2,1-2H3. The number of rotatable bonds is 6. The van der Waals surface area contributed by atoms with Crippen LogP contribution in [-0.2, 0) is 12.0 Å². The maximum absolute atomic E-state index is 13.7. The van der Waals surface area contributed by atoms with Crippen LogP contribution in [0.15, 0.2) is 65.5 Å². The van der Waals surface area contributed by atoms with Crippen LogP contribution < -0.4 is 15.0 Å². The van der Waals surface area contributed by atoms with Crippen molar-refractivity contribution in [3.63, 3.8) is 0 Å². The Hall–Kier alpha value is -3.77. The Morgan fingerprint density at radius 1 is 0.897 bits per heavy atom. The van der Waals surface area contributed by atoms with Crippen LogP contribution in [0.2, 0.25) is 5.02 Å². The lowest BCUT2D eigenvalue weighted by Crippen LogP contribution is -2.53. The van der Waals surface area contributed by atoms with Crippen molar-refractivity contribution in [1.82, 2.24) is 9.55 Å². The van der Waals surface area contributed by atoms with Gasteiger partial charge in [-0.25, -0.2) is 4.98 Å². The summed E-state index contributed by atoms with van der Waals surface area (Å²) in [7, 11) is 2.73. The molecule has 0 aliphatic heterocycles. The van der Waals surface area contributed by atoms with Crippen LogP contribution in [0, 0.1) is 0 Å². The first-order valence-electron chi connectivity index (χ1n) is 11.1. The van der Waals surface area contributed by atoms with E-state index in [4.69, 9.17) is 21.1 Å². The fraction of sp³-hybridized carbons (Fsp3) is 0.231. The third-order valence-electron chi connectivity index (χ3n) is 6.07. The second-order valence-corrected chi connectivity index (χ2v) is 8.83. The van der Waals surface area contributed by atoms with Gasteiger partial charge in [0.1, 0.15) is 5.82 Å². The van der Waals surface area contributed by atoms with Gasteiger partial charge in [0.05, 0.1) is 35.8 Å². The molecule has 0 bridgehead atoms. The van der Waals surface area contributed by atoms with E-state index in [2.05, 4.69) is 4.98 Å². The Bertz CT molecular complexity index is 1570. The SMILES string of the molecule is COc1cc2nc(Cc3ccccc3)n(-c3ccc(C(O)(C(F)(F)F)C(F)(F)F)cc3Cl)c(=O)c2cc1OC. The van der Waals surface area contributed by atoms with Crippen LogP contribution in [0.3, 0.4) is 0 Å². The summed E-state index contributed by atoms with van der Waals surface area (Å²) in [5, 5.41) is 9.14. The lowest BCUT2D eigenvalue weighted by atomic mass is 9.92. The molecule has 0 radical (unpaired) electrons. The molecule has 0 saturated carbocycles. The summed E-state index contributed by atoms with van der Waals surface area (Å²) in [5.74, 6) is 0.553. The highest BCUT2D eigenvalue weighted by atomic mass is 35.5. The van der Waals surface area contributed by atoms with E-state index in [1.165, 1.54) is 26.4 Å². The van der Waals surface area contributed by atoms with Gasteiger partial charge in [-0.15, -0.1) is 0 Å². The number of fused-ring (bicyclic) bond motifs is 1. The van der Waals surface area contributed by atoms with Crippen molar-refractivity contribution in [3.8, 4) is 17.2 Å². The zero-order valence-corrected chi connectivity index (χ0v) is 20.9. The number of hydrogen-bond donors (Lipinski definition) is 1. The summed E-state index contributed by atoms with van der Waals surface area (Å²) >= 11 is 6.20. The molecule has 1 N–H and O–H groups in total. The summed E-state index contributed by atoms with van der Waals surface area (Å²) in [4.78, 5) is 18.3. The quantitative estimate of drug-likeness (QED) is 0.289. The lowest BCUT2D eigenvalue weighted by Gasteiger charge is -2.33. The Labute approximate surface area is 222 Å². The predicted molar refractivity (Wildman–Crippen MR) is 131 cm³/mol.